The van der Waals surface area contributed by atoms with Gasteiger partial charge in [0.2, 0.25) is 10.0 Å². The quantitative estimate of drug-likeness (QED) is 0.344. The fraction of sp³-hybridized carbons (Fsp3) is 0.333. The number of fused-ring (bicyclic) bond motifs is 1. The van der Waals surface area contributed by atoms with Gasteiger partial charge in [-0.2, -0.15) is 18.3 Å². The van der Waals surface area contributed by atoms with Gasteiger partial charge >= 0.3 is 6.18 Å². The molecule has 212 valence electrons. The van der Waals surface area contributed by atoms with Gasteiger partial charge in [-0.1, -0.05) is 0 Å². The zero-order valence-electron chi connectivity index (χ0n) is 22.3. The zero-order valence-corrected chi connectivity index (χ0v) is 23.1. The van der Waals surface area contributed by atoms with Gasteiger partial charge in [0.15, 0.2) is 17.1 Å². The summed E-state index contributed by atoms with van der Waals surface area (Å²) in [6.07, 6.45) is -4.03. The molecule has 2 aromatic carbocycles. The molecule has 1 N–H and O–H groups in total. The number of halogens is 3. The highest BCUT2D eigenvalue weighted by molar-refractivity contribution is 7.89. The molecule has 0 aliphatic carbocycles. The summed E-state index contributed by atoms with van der Waals surface area (Å²) < 4.78 is 79.7. The van der Waals surface area contributed by atoms with Crippen LogP contribution in [0.1, 0.15) is 23.4 Å². The normalized spacial score (nSPS) is 16.1. The van der Waals surface area contributed by atoms with Crippen LogP contribution in [0.2, 0.25) is 0 Å². The second-order valence-corrected chi connectivity index (χ2v) is 11.3. The number of alkyl halides is 3. The molecule has 1 fully saturated rings. The van der Waals surface area contributed by atoms with Gasteiger partial charge in [-0.3, -0.25) is 0 Å². The molecule has 13 heteroatoms. The van der Waals surface area contributed by atoms with Crippen LogP contribution in [0.4, 0.5) is 18.9 Å². The summed E-state index contributed by atoms with van der Waals surface area (Å²) in [5.41, 5.74) is 3.66. The van der Waals surface area contributed by atoms with Gasteiger partial charge in [0, 0.05) is 24.7 Å². The van der Waals surface area contributed by atoms with E-state index in [0.29, 0.717) is 36.7 Å². The van der Waals surface area contributed by atoms with Crippen molar-refractivity contribution >= 4 is 21.4 Å². The van der Waals surface area contributed by atoms with Crippen LogP contribution < -0.4 is 19.1 Å². The fourth-order valence-corrected chi connectivity index (χ4v) is 6.23. The molecular weight excluding hydrogens is 547 g/mol. The molecule has 9 nitrogen and oxygen atoms in total. The van der Waals surface area contributed by atoms with E-state index < -0.39 is 27.8 Å². The lowest BCUT2D eigenvalue weighted by atomic mass is 10.1. The van der Waals surface area contributed by atoms with Crippen molar-refractivity contribution in [1.82, 2.24) is 19.3 Å². The van der Waals surface area contributed by atoms with Crippen molar-refractivity contribution in [2.45, 2.75) is 37.4 Å². The third kappa shape index (κ3) is 5.18. The Balaban J connectivity index is 1.42. The van der Waals surface area contributed by atoms with Crippen LogP contribution in [0, 0.1) is 13.8 Å². The number of aryl methyl sites for hydroxylation is 2. The van der Waals surface area contributed by atoms with Gasteiger partial charge in [0.25, 0.3) is 0 Å². The maximum absolute atomic E-state index is 12.9. The Kier molecular flexibility index (Phi) is 7.13. The molecule has 1 saturated heterocycles. The van der Waals surface area contributed by atoms with E-state index in [1.54, 1.807) is 18.7 Å². The van der Waals surface area contributed by atoms with E-state index in [2.05, 4.69) is 4.72 Å². The average Bonchev–Trinajstić information content (AvgIpc) is 3.50. The zero-order chi connectivity index (χ0) is 28.8. The van der Waals surface area contributed by atoms with Crippen molar-refractivity contribution < 1.29 is 31.1 Å². The molecule has 40 heavy (non-hydrogen) atoms. The number of sulfonamides is 1. The predicted molar refractivity (Wildman–Crippen MR) is 143 cm³/mol. The summed E-state index contributed by atoms with van der Waals surface area (Å²) in [4.78, 5) is 6.62. The Bertz CT molecular complexity index is 1670. The van der Waals surface area contributed by atoms with E-state index >= 15 is 0 Å². The first-order chi connectivity index (χ1) is 18.9. The number of aromatic nitrogens is 3. The Morgan fingerprint density at radius 3 is 2.35 bits per heavy atom. The highest BCUT2D eigenvalue weighted by atomic mass is 32.2. The van der Waals surface area contributed by atoms with Crippen molar-refractivity contribution in [2.24, 2.45) is 0 Å². The maximum Gasteiger partial charge on any atom is 0.416 e. The minimum atomic E-state index is -4.54. The summed E-state index contributed by atoms with van der Waals surface area (Å²) in [7, 11) is -0.873. The molecule has 1 atom stereocenters. The van der Waals surface area contributed by atoms with E-state index in [1.807, 2.05) is 43.0 Å². The molecule has 4 aromatic rings. The van der Waals surface area contributed by atoms with Crippen LogP contribution in [0.3, 0.4) is 0 Å². The van der Waals surface area contributed by atoms with E-state index in [0.717, 1.165) is 52.6 Å². The van der Waals surface area contributed by atoms with Gasteiger partial charge in [0.05, 0.1) is 47.4 Å². The Morgan fingerprint density at radius 2 is 1.70 bits per heavy atom. The van der Waals surface area contributed by atoms with Gasteiger partial charge in [0.1, 0.15) is 0 Å². The van der Waals surface area contributed by atoms with Gasteiger partial charge in [-0.15, -0.1) is 0 Å². The number of hydrogen-bond donors (Lipinski definition) is 1. The third-order valence-corrected chi connectivity index (χ3v) is 8.40. The first kappa shape index (κ1) is 27.7. The molecule has 1 unspecified atom stereocenters. The second-order valence-electron chi connectivity index (χ2n) is 9.60. The summed E-state index contributed by atoms with van der Waals surface area (Å²) in [6.45, 7) is 4.68. The van der Waals surface area contributed by atoms with Crippen molar-refractivity contribution in [2.75, 3.05) is 32.2 Å². The molecule has 0 spiro atoms. The number of methoxy groups -OCH3 is 2. The van der Waals surface area contributed by atoms with Crippen LogP contribution in [-0.2, 0) is 16.2 Å². The average molecular weight is 576 g/mol. The summed E-state index contributed by atoms with van der Waals surface area (Å²) >= 11 is 0. The van der Waals surface area contributed by atoms with Gasteiger partial charge in [-0.05, 0) is 68.8 Å². The molecule has 1 aliphatic heterocycles. The first-order valence-corrected chi connectivity index (χ1v) is 13.9. The lowest BCUT2D eigenvalue weighted by Crippen LogP contribution is -2.37. The molecule has 3 heterocycles. The van der Waals surface area contributed by atoms with E-state index in [4.69, 9.17) is 19.6 Å². The molecule has 5 rings (SSSR count). The SMILES string of the molecule is COc1ccc(-c2c(C)nc3c(N4CCC(NS(=O)(=O)c5ccc(C(F)(F)F)cc5)C4)cc(C)nn23)cc1OC. The number of hydrogen-bond acceptors (Lipinski definition) is 7. The molecule has 0 amide bonds. The topological polar surface area (TPSA) is 98.1 Å². The second kappa shape index (κ2) is 10.3. The van der Waals surface area contributed by atoms with Crippen molar-refractivity contribution in [3.63, 3.8) is 0 Å². The number of ether oxygens (including phenoxy) is 2. The van der Waals surface area contributed by atoms with E-state index in [1.165, 1.54) is 0 Å². The fourth-order valence-electron chi connectivity index (χ4n) is 4.96. The summed E-state index contributed by atoms with van der Waals surface area (Å²) in [6, 6.07) is 10.5. The Morgan fingerprint density at radius 1 is 1.00 bits per heavy atom. The number of rotatable bonds is 7. The molecule has 2 aromatic heterocycles. The number of benzene rings is 2. The molecule has 0 saturated carbocycles. The predicted octanol–water partition coefficient (Wildman–Crippen LogP) is 4.61. The van der Waals surface area contributed by atoms with Crippen LogP contribution in [0.5, 0.6) is 11.5 Å². The maximum atomic E-state index is 12.9. The number of nitrogens with zero attached hydrogens (tertiary/aromatic N) is 4. The standard InChI is InChI=1S/C27H28F3N5O4S/c1-16-13-22(26-31-17(2)25(35(26)32-16)18-5-10-23(38-3)24(14-18)39-4)34-12-11-20(15-34)33-40(36,37)21-8-6-19(7-9-21)27(28,29)30/h5-10,13-14,20,33H,11-12,15H2,1-4H3. The summed E-state index contributed by atoms with van der Waals surface area (Å²) in [5.74, 6) is 1.18. The molecular formula is C27H28F3N5O4S. The summed E-state index contributed by atoms with van der Waals surface area (Å²) in [5, 5.41) is 4.71. The number of anilines is 1. The van der Waals surface area contributed by atoms with Crippen molar-refractivity contribution in [3.05, 3.63) is 65.5 Å². The van der Waals surface area contributed by atoms with Gasteiger partial charge in [-0.25, -0.2) is 22.6 Å². The molecule has 0 bridgehead atoms. The van der Waals surface area contributed by atoms with E-state index in [-0.39, 0.29) is 4.90 Å². The highest BCUT2D eigenvalue weighted by Crippen LogP contribution is 2.36. The minimum Gasteiger partial charge on any atom is -0.493 e. The smallest absolute Gasteiger partial charge is 0.416 e. The van der Waals surface area contributed by atoms with Crippen LogP contribution >= 0.6 is 0 Å². The number of nitrogens with one attached hydrogen (secondary N) is 1. The monoisotopic (exact) mass is 575 g/mol. The van der Waals surface area contributed by atoms with Crippen LogP contribution in [0.15, 0.2) is 53.4 Å². The minimum absolute atomic E-state index is 0.218. The van der Waals surface area contributed by atoms with Gasteiger partial charge < -0.3 is 14.4 Å². The number of imidazole rings is 1. The van der Waals surface area contributed by atoms with E-state index in [9.17, 15) is 21.6 Å². The lowest BCUT2D eigenvalue weighted by molar-refractivity contribution is -0.137. The Hall–Kier alpha value is -3.84. The van der Waals surface area contributed by atoms with Crippen LogP contribution in [0.25, 0.3) is 16.9 Å². The van der Waals surface area contributed by atoms with Crippen molar-refractivity contribution in [3.8, 4) is 22.8 Å². The first-order valence-electron chi connectivity index (χ1n) is 12.4. The molecule has 0 radical (unpaired) electrons. The largest absolute Gasteiger partial charge is 0.493 e. The highest BCUT2D eigenvalue weighted by Gasteiger charge is 2.32. The van der Waals surface area contributed by atoms with Crippen LogP contribution in [-0.4, -0.2) is 56.4 Å². The molecule has 1 aliphatic rings. The Labute approximate surface area is 229 Å². The van der Waals surface area contributed by atoms with Crippen molar-refractivity contribution in [1.29, 1.82) is 0 Å². The lowest BCUT2D eigenvalue weighted by Gasteiger charge is -2.20. The third-order valence-electron chi connectivity index (χ3n) is 6.86.